The zero-order chi connectivity index (χ0) is 30.3. The highest BCUT2D eigenvalue weighted by molar-refractivity contribution is 9.10. The second-order valence-electron chi connectivity index (χ2n) is 9.02. The van der Waals surface area contributed by atoms with Crippen molar-refractivity contribution in [2.24, 2.45) is 5.10 Å². The molecule has 218 valence electrons. The van der Waals surface area contributed by atoms with E-state index < -0.39 is 22.5 Å². The normalized spacial score (nSPS) is 11.4. The van der Waals surface area contributed by atoms with Gasteiger partial charge in [0.25, 0.3) is 15.9 Å². The first-order chi connectivity index (χ1) is 20.1. The van der Waals surface area contributed by atoms with Crippen LogP contribution >= 0.6 is 39.1 Å². The SMILES string of the molecule is COc1cc(/C=N\NC(=O)CN(c2ccc(Cl)c(Cl)c2)S(=O)(=O)c2ccccc2)cc(Br)c1OCc1ccc(C)cc1. The molecule has 4 aromatic carbocycles. The van der Waals surface area contributed by atoms with Gasteiger partial charge < -0.3 is 9.47 Å². The Labute approximate surface area is 263 Å². The van der Waals surface area contributed by atoms with Gasteiger partial charge in [-0.15, -0.1) is 0 Å². The maximum absolute atomic E-state index is 13.5. The van der Waals surface area contributed by atoms with Gasteiger partial charge in [-0.3, -0.25) is 9.10 Å². The number of aryl methyl sites for hydroxylation is 1. The molecule has 8 nitrogen and oxygen atoms in total. The highest BCUT2D eigenvalue weighted by Gasteiger charge is 2.27. The van der Waals surface area contributed by atoms with Crippen LogP contribution in [0.15, 0.2) is 99.4 Å². The van der Waals surface area contributed by atoms with Crippen molar-refractivity contribution in [2.45, 2.75) is 18.4 Å². The van der Waals surface area contributed by atoms with E-state index in [1.807, 2.05) is 31.2 Å². The zero-order valence-electron chi connectivity index (χ0n) is 22.6. The molecule has 12 heteroatoms. The van der Waals surface area contributed by atoms with Crippen molar-refractivity contribution in [2.75, 3.05) is 18.0 Å². The molecule has 0 bridgehead atoms. The molecule has 0 unspecified atom stereocenters. The van der Waals surface area contributed by atoms with Crippen LogP contribution in [-0.2, 0) is 21.4 Å². The molecule has 0 aliphatic carbocycles. The summed E-state index contributed by atoms with van der Waals surface area (Å²) in [6.07, 6.45) is 1.41. The molecule has 0 radical (unpaired) electrons. The summed E-state index contributed by atoms with van der Waals surface area (Å²) in [7, 11) is -2.60. The molecule has 0 aliphatic rings. The maximum atomic E-state index is 13.5. The molecule has 4 rings (SSSR count). The summed E-state index contributed by atoms with van der Waals surface area (Å²) in [5, 5.41) is 4.41. The minimum absolute atomic E-state index is 0.00834. The van der Waals surface area contributed by atoms with E-state index in [-0.39, 0.29) is 20.6 Å². The molecule has 4 aromatic rings. The standard InChI is InChI=1S/C30H26BrCl2N3O5S/c1-20-8-10-21(11-9-20)19-41-30-25(31)14-22(15-28(30)40-2)17-34-35-29(37)18-36(23-12-13-26(32)27(33)16-23)42(38,39)24-6-4-3-5-7-24/h3-17H,18-19H2,1-2H3,(H,35,37)/b34-17-. The average molecular weight is 691 g/mol. The Morgan fingerprint density at radius 3 is 2.38 bits per heavy atom. The number of sulfonamides is 1. The van der Waals surface area contributed by atoms with Crippen molar-refractivity contribution in [3.8, 4) is 11.5 Å². The molecule has 0 heterocycles. The van der Waals surface area contributed by atoms with Gasteiger partial charge in [-0.2, -0.15) is 5.10 Å². The third-order valence-electron chi connectivity index (χ3n) is 5.97. The quantitative estimate of drug-likeness (QED) is 0.135. The Morgan fingerprint density at radius 1 is 1.00 bits per heavy atom. The lowest BCUT2D eigenvalue weighted by atomic mass is 10.2. The number of hydrogen-bond acceptors (Lipinski definition) is 6. The molecular weight excluding hydrogens is 665 g/mol. The predicted molar refractivity (Wildman–Crippen MR) is 169 cm³/mol. The highest BCUT2D eigenvalue weighted by Crippen LogP contribution is 2.37. The lowest BCUT2D eigenvalue weighted by Crippen LogP contribution is -2.39. The Bertz CT molecular complexity index is 1700. The van der Waals surface area contributed by atoms with Crippen LogP contribution in [0, 0.1) is 6.92 Å². The molecular formula is C30H26BrCl2N3O5S. The van der Waals surface area contributed by atoms with E-state index in [4.69, 9.17) is 32.7 Å². The smallest absolute Gasteiger partial charge is 0.264 e. The molecule has 1 N–H and O–H groups in total. The number of nitrogens with one attached hydrogen (secondary N) is 1. The van der Waals surface area contributed by atoms with Gasteiger partial charge in [0.2, 0.25) is 0 Å². The van der Waals surface area contributed by atoms with Crippen LogP contribution in [0.4, 0.5) is 5.69 Å². The van der Waals surface area contributed by atoms with E-state index in [9.17, 15) is 13.2 Å². The van der Waals surface area contributed by atoms with Crippen molar-refractivity contribution in [3.63, 3.8) is 0 Å². The Kier molecular flexibility index (Phi) is 10.5. The van der Waals surface area contributed by atoms with Crippen molar-refractivity contribution in [1.29, 1.82) is 0 Å². The number of rotatable bonds is 11. The topological polar surface area (TPSA) is 97.3 Å². The molecule has 0 aliphatic heterocycles. The number of hydrogen-bond donors (Lipinski definition) is 1. The van der Waals surface area contributed by atoms with E-state index in [0.717, 1.165) is 15.4 Å². The summed E-state index contributed by atoms with van der Waals surface area (Å²) in [6.45, 7) is 1.80. The van der Waals surface area contributed by atoms with Gasteiger partial charge in [0.1, 0.15) is 13.2 Å². The summed E-state index contributed by atoms with van der Waals surface area (Å²) in [5.41, 5.74) is 5.31. The van der Waals surface area contributed by atoms with E-state index >= 15 is 0 Å². The van der Waals surface area contributed by atoms with Crippen molar-refractivity contribution in [1.82, 2.24) is 5.43 Å². The number of carbonyl (C=O) groups excluding carboxylic acids is 1. The second kappa shape index (κ2) is 14.1. The molecule has 0 fully saturated rings. The highest BCUT2D eigenvalue weighted by atomic mass is 79.9. The number of methoxy groups -OCH3 is 1. The summed E-state index contributed by atoms with van der Waals surface area (Å²) >= 11 is 15.7. The second-order valence-corrected chi connectivity index (χ2v) is 12.6. The van der Waals surface area contributed by atoms with E-state index in [0.29, 0.717) is 28.1 Å². The number of carbonyl (C=O) groups is 1. The average Bonchev–Trinajstić information content (AvgIpc) is 2.98. The number of benzene rings is 4. The van der Waals surface area contributed by atoms with E-state index in [1.165, 1.54) is 43.7 Å². The Balaban J connectivity index is 1.49. The van der Waals surface area contributed by atoms with Crippen LogP contribution in [-0.4, -0.2) is 34.2 Å². The van der Waals surface area contributed by atoms with Crippen LogP contribution in [0.25, 0.3) is 0 Å². The number of hydrazone groups is 1. The number of nitrogens with zero attached hydrogens (tertiary/aromatic N) is 2. The van der Waals surface area contributed by atoms with Crippen molar-refractivity contribution >= 4 is 67.0 Å². The molecule has 0 saturated carbocycles. The molecule has 1 amide bonds. The van der Waals surface area contributed by atoms with Gasteiger partial charge in [-0.05, 0) is 76.4 Å². The van der Waals surface area contributed by atoms with Gasteiger partial charge in [0.05, 0.1) is 38.4 Å². The lowest BCUT2D eigenvalue weighted by molar-refractivity contribution is -0.119. The van der Waals surface area contributed by atoms with Crippen LogP contribution in [0.3, 0.4) is 0 Å². The third kappa shape index (κ3) is 7.83. The van der Waals surface area contributed by atoms with Gasteiger partial charge in [-0.25, -0.2) is 13.8 Å². The fraction of sp³-hybridized carbons (Fsp3) is 0.133. The van der Waals surface area contributed by atoms with Crippen LogP contribution < -0.4 is 19.2 Å². The number of anilines is 1. The fourth-order valence-electron chi connectivity index (χ4n) is 3.81. The monoisotopic (exact) mass is 689 g/mol. The van der Waals surface area contributed by atoms with Crippen LogP contribution in [0.2, 0.25) is 10.0 Å². The third-order valence-corrected chi connectivity index (χ3v) is 9.08. The first kappa shape index (κ1) is 31.4. The minimum atomic E-state index is -4.12. The number of amides is 1. The summed E-state index contributed by atoms with van der Waals surface area (Å²) in [5.74, 6) is 0.299. The van der Waals surface area contributed by atoms with Gasteiger partial charge >= 0.3 is 0 Å². The summed E-state index contributed by atoms with van der Waals surface area (Å²) < 4.78 is 40.0. The predicted octanol–water partition coefficient (Wildman–Crippen LogP) is 7.00. The summed E-state index contributed by atoms with van der Waals surface area (Å²) in [6, 6.07) is 23.5. The minimum Gasteiger partial charge on any atom is -0.493 e. The Hall–Kier alpha value is -3.57. The number of halogens is 3. The first-order valence-corrected chi connectivity index (χ1v) is 15.5. The Morgan fingerprint density at radius 2 is 1.71 bits per heavy atom. The molecule has 0 saturated heterocycles. The van der Waals surface area contributed by atoms with Crippen molar-refractivity contribution in [3.05, 3.63) is 116 Å². The van der Waals surface area contributed by atoms with Gasteiger partial charge in [0.15, 0.2) is 11.5 Å². The lowest BCUT2D eigenvalue weighted by Gasteiger charge is -2.24. The number of ether oxygens (including phenoxy) is 2. The van der Waals surface area contributed by atoms with Crippen LogP contribution in [0.1, 0.15) is 16.7 Å². The summed E-state index contributed by atoms with van der Waals surface area (Å²) in [4.78, 5) is 12.9. The first-order valence-electron chi connectivity index (χ1n) is 12.5. The molecule has 0 spiro atoms. The molecule has 0 atom stereocenters. The molecule has 0 aromatic heterocycles. The van der Waals surface area contributed by atoms with E-state index in [1.54, 1.807) is 30.3 Å². The zero-order valence-corrected chi connectivity index (χ0v) is 26.5. The largest absolute Gasteiger partial charge is 0.493 e. The van der Waals surface area contributed by atoms with Gasteiger partial charge in [-0.1, -0.05) is 71.2 Å². The molecule has 42 heavy (non-hydrogen) atoms. The maximum Gasteiger partial charge on any atom is 0.264 e. The van der Waals surface area contributed by atoms with Gasteiger partial charge in [0, 0.05) is 0 Å². The fourth-order valence-corrected chi connectivity index (χ4v) is 6.11. The van der Waals surface area contributed by atoms with Crippen LogP contribution in [0.5, 0.6) is 11.5 Å². The van der Waals surface area contributed by atoms with E-state index in [2.05, 4.69) is 26.5 Å². The van der Waals surface area contributed by atoms with Crippen molar-refractivity contribution < 1.29 is 22.7 Å².